The number of hydrogen-bond donors (Lipinski definition) is 3. The van der Waals surface area contributed by atoms with Crippen molar-refractivity contribution < 1.29 is 22.6 Å². The molecule has 1 unspecified atom stereocenters. The van der Waals surface area contributed by atoms with Crippen LogP contribution < -0.4 is 30.4 Å². The molecule has 0 aliphatic heterocycles. The first-order valence-electron chi connectivity index (χ1n) is 9.31. The smallest absolute Gasteiger partial charge is 0.241 e. The topological polar surface area (TPSA) is 152 Å². The minimum absolute atomic E-state index is 0.0630. The Kier molecular flexibility index (Phi) is 6.37. The van der Waals surface area contributed by atoms with Gasteiger partial charge in [0.15, 0.2) is 11.5 Å². The lowest BCUT2D eigenvalue weighted by molar-refractivity contribution is 0.356. The van der Waals surface area contributed by atoms with Gasteiger partial charge >= 0.3 is 0 Å². The monoisotopic (exact) mass is 447 g/mol. The van der Waals surface area contributed by atoms with Crippen LogP contribution >= 0.6 is 0 Å². The minimum Gasteiger partial charge on any atom is -0.495 e. The van der Waals surface area contributed by atoms with Gasteiger partial charge in [-0.05, 0) is 37.1 Å². The van der Waals surface area contributed by atoms with Crippen LogP contribution in [-0.2, 0) is 16.4 Å². The summed E-state index contributed by atoms with van der Waals surface area (Å²) >= 11 is 0. The normalized spacial score (nSPS) is 12.4. The Morgan fingerprint density at radius 3 is 2.26 bits per heavy atom. The lowest BCUT2D eigenvalue weighted by atomic mass is 10.1. The van der Waals surface area contributed by atoms with Gasteiger partial charge in [-0.2, -0.15) is 4.98 Å². The molecule has 3 aromatic rings. The predicted molar refractivity (Wildman–Crippen MR) is 118 cm³/mol. The molecule has 1 aromatic heterocycles. The van der Waals surface area contributed by atoms with E-state index < -0.39 is 10.0 Å². The summed E-state index contributed by atoms with van der Waals surface area (Å²) in [5.41, 5.74) is 7.47. The van der Waals surface area contributed by atoms with Crippen molar-refractivity contribution in [2.24, 2.45) is 5.14 Å². The molecule has 0 radical (unpaired) electrons. The predicted octanol–water partition coefficient (Wildman–Crippen LogP) is 1.93. The van der Waals surface area contributed by atoms with Gasteiger partial charge < -0.3 is 25.3 Å². The summed E-state index contributed by atoms with van der Waals surface area (Å²) in [7, 11) is 0.557. The molecular weight excluding hydrogens is 422 g/mol. The number of primary sulfonamides is 1. The third-order valence-corrected chi connectivity index (χ3v) is 5.61. The van der Waals surface area contributed by atoms with Crippen LogP contribution in [0.15, 0.2) is 35.2 Å². The Labute approximate surface area is 180 Å². The maximum atomic E-state index is 11.8. The van der Waals surface area contributed by atoms with Gasteiger partial charge in [0.25, 0.3) is 0 Å². The molecule has 0 spiro atoms. The van der Waals surface area contributed by atoms with E-state index in [4.69, 9.17) is 25.1 Å². The van der Waals surface area contributed by atoms with Crippen molar-refractivity contribution in [1.29, 1.82) is 0 Å². The van der Waals surface area contributed by atoms with Gasteiger partial charge in [0.1, 0.15) is 16.5 Å². The number of aromatic nitrogens is 2. The Morgan fingerprint density at radius 2 is 1.65 bits per heavy atom. The molecule has 0 amide bonds. The second-order valence-electron chi connectivity index (χ2n) is 6.94. The van der Waals surface area contributed by atoms with E-state index in [-0.39, 0.29) is 16.7 Å². The zero-order valence-electron chi connectivity index (χ0n) is 17.7. The lowest BCUT2D eigenvalue weighted by Gasteiger charge is -2.16. The van der Waals surface area contributed by atoms with Crippen LogP contribution in [0.2, 0.25) is 0 Å². The van der Waals surface area contributed by atoms with Crippen LogP contribution in [0.3, 0.4) is 0 Å². The van der Waals surface area contributed by atoms with Crippen LogP contribution in [0.1, 0.15) is 12.5 Å². The third kappa shape index (κ3) is 4.89. The number of ether oxygens (including phenoxy) is 3. The molecule has 5 N–H and O–H groups in total. The highest BCUT2D eigenvalue weighted by Crippen LogP contribution is 2.33. The largest absolute Gasteiger partial charge is 0.495 e. The fourth-order valence-corrected chi connectivity index (χ4v) is 3.99. The minimum atomic E-state index is -3.91. The van der Waals surface area contributed by atoms with Gasteiger partial charge in [-0.25, -0.2) is 18.5 Å². The van der Waals surface area contributed by atoms with E-state index in [1.807, 2.05) is 6.92 Å². The number of nitrogens with one attached hydrogen (secondary N) is 1. The Bertz CT molecular complexity index is 1220. The molecule has 3 rings (SSSR count). The molecule has 0 aliphatic carbocycles. The highest BCUT2D eigenvalue weighted by atomic mass is 32.2. The van der Waals surface area contributed by atoms with Crippen molar-refractivity contribution in [3.05, 3.63) is 35.9 Å². The van der Waals surface area contributed by atoms with E-state index in [9.17, 15) is 8.42 Å². The van der Waals surface area contributed by atoms with Crippen LogP contribution in [0.4, 0.5) is 11.8 Å². The fraction of sp³-hybridized carbons (Fsp3) is 0.300. The maximum absolute atomic E-state index is 11.8. The van der Waals surface area contributed by atoms with E-state index in [1.165, 1.54) is 13.2 Å². The number of nitrogens with zero attached hydrogens (tertiary/aromatic N) is 2. The molecule has 11 heteroatoms. The molecule has 0 bridgehead atoms. The van der Waals surface area contributed by atoms with Gasteiger partial charge in [0.2, 0.25) is 16.0 Å². The van der Waals surface area contributed by atoms with E-state index in [0.29, 0.717) is 40.6 Å². The molecule has 166 valence electrons. The van der Waals surface area contributed by atoms with Gasteiger partial charge in [0, 0.05) is 17.5 Å². The number of fused-ring (bicyclic) bond motifs is 1. The van der Waals surface area contributed by atoms with Crippen molar-refractivity contribution in [3.8, 4) is 17.2 Å². The van der Waals surface area contributed by atoms with E-state index in [2.05, 4.69) is 15.3 Å². The molecular formula is C20H25N5O5S. The SMILES string of the molecule is COc1cc2nc(NC(C)Cc3ccc(OC)c(S(N)(=O)=O)c3)nc(N)c2cc1OC. The Balaban J connectivity index is 1.86. The first kappa shape index (κ1) is 22.4. The number of nitrogens with two attached hydrogens (primary N) is 2. The second-order valence-corrected chi connectivity index (χ2v) is 8.47. The van der Waals surface area contributed by atoms with Crippen LogP contribution in [0, 0.1) is 0 Å². The van der Waals surface area contributed by atoms with Gasteiger partial charge in [-0.3, -0.25) is 0 Å². The molecule has 1 heterocycles. The second kappa shape index (κ2) is 8.82. The first-order valence-corrected chi connectivity index (χ1v) is 10.9. The average molecular weight is 448 g/mol. The standard InChI is InChI=1S/C20H25N5O5S/c1-11(7-12-5-6-15(28-2)18(8-12)31(22,26)27)23-20-24-14-10-17(30-4)16(29-3)9-13(14)19(21)25-20/h5-6,8-11H,7H2,1-4H3,(H2,22,26,27)(H3,21,23,24,25). The Hall–Kier alpha value is -3.31. The third-order valence-electron chi connectivity index (χ3n) is 4.68. The van der Waals surface area contributed by atoms with E-state index >= 15 is 0 Å². The summed E-state index contributed by atoms with van der Waals surface area (Å²) in [4.78, 5) is 8.77. The quantitative estimate of drug-likeness (QED) is 0.470. The van der Waals surface area contributed by atoms with Crippen molar-refractivity contribution in [2.45, 2.75) is 24.3 Å². The van der Waals surface area contributed by atoms with Crippen molar-refractivity contribution in [1.82, 2.24) is 9.97 Å². The summed E-state index contributed by atoms with van der Waals surface area (Å²) in [5, 5.41) is 9.13. The van der Waals surface area contributed by atoms with Crippen LogP contribution in [0.5, 0.6) is 17.2 Å². The highest BCUT2D eigenvalue weighted by Gasteiger charge is 2.17. The number of anilines is 2. The summed E-state index contributed by atoms with van der Waals surface area (Å²) in [6, 6.07) is 8.16. The molecule has 1 atom stereocenters. The number of methoxy groups -OCH3 is 3. The van der Waals surface area contributed by atoms with E-state index in [1.54, 1.807) is 38.5 Å². The maximum Gasteiger partial charge on any atom is 0.241 e. The van der Waals surface area contributed by atoms with Gasteiger partial charge in [-0.15, -0.1) is 0 Å². The zero-order chi connectivity index (χ0) is 22.8. The highest BCUT2D eigenvalue weighted by molar-refractivity contribution is 7.89. The molecule has 0 aliphatic rings. The first-order chi connectivity index (χ1) is 14.7. The summed E-state index contributed by atoms with van der Waals surface area (Å²) in [5.74, 6) is 1.89. The van der Waals surface area contributed by atoms with Gasteiger partial charge in [0.05, 0.1) is 26.8 Å². The number of nitrogen functional groups attached to an aromatic ring is 1. The number of sulfonamides is 1. The lowest BCUT2D eigenvalue weighted by Crippen LogP contribution is -2.21. The molecule has 0 saturated carbocycles. The Morgan fingerprint density at radius 1 is 1.00 bits per heavy atom. The molecule has 0 saturated heterocycles. The number of rotatable bonds is 8. The molecule has 10 nitrogen and oxygen atoms in total. The number of benzene rings is 2. The van der Waals surface area contributed by atoms with Crippen molar-refractivity contribution >= 4 is 32.7 Å². The number of hydrogen-bond acceptors (Lipinski definition) is 9. The van der Waals surface area contributed by atoms with Crippen LogP contribution in [0.25, 0.3) is 10.9 Å². The zero-order valence-corrected chi connectivity index (χ0v) is 18.5. The summed E-state index contributed by atoms with van der Waals surface area (Å²) in [6.45, 7) is 1.92. The van der Waals surface area contributed by atoms with Crippen LogP contribution in [-0.4, -0.2) is 45.8 Å². The molecule has 0 fully saturated rings. The molecule has 2 aromatic carbocycles. The van der Waals surface area contributed by atoms with E-state index in [0.717, 1.165) is 5.56 Å². The molecule has 31 heavy (non-hydrogen) atoms. The van der Waals surface area contributed by atoms with Crippen molar-refractivity contribution in [3.63, 3.8) is 0 Å². The van der Waals surface area contributed by atoms with Gasteiger partial charge in [-0.1, -0.05) is 6.07 Å². The average Bonchev–Trinajstić information content (AvgIpc) is 2.72. The fourth-order valence-electron chi connectivity index (χ4n) is 3.24. The van der Waals surface area contributed by atoms with Crippen molar-refractivity contribution in [2.75, 3.05) is 32.4 Å². The summed E-state index contributed by atoms with van der Waals surface area (Å²) in [6.07, 6.45) is 0.486. The summed E-state index contributed by atoms with van der Waals surface area (Å²) < 4.78 is 39.4.